The van der Waals surface area contributed by atoms with Gasteiger partial charge in [0.05, 0.1) is 0 Å². The van der Waals surface area contributed by atoms with E-state index in [2.05, 4.69) is 89.5 Å². The van der Waals surface area contributed by atoms with E-state index in [4.69, 9.17) is 0 Å². The summed E-state index contributed by atoms with van der Waals surface area (Å²) in [6, 6.07) is 0. The number of hydrogen-bond donors (Lipinski definition) is 0. The molecule has 2 aromatic carbocycles. The van der Waals surface area contributed by atoms with Crippen molar-refractivity contribution >= 4 is 0 Å². The summed E-state index contributed by atoms with van der Waals surface area (Å²) in [6.45, 7) is 27.7. The van der Waals surface area contributed by atoms with Crippen molar-refractivity contribution in [3.63, 3.8) is 0 Å². The SMILES string of the molecule is C[CH-]C(C)C(C)c1c(C)c(C)c(C)c(C)c1-c1c(C)c(C)c(C)c(C)c1C.[Y]. The fourth-order valence-electron chi connectivity index (χ4n) is 4.66. The largest absolute Gasteiger partial charge is 0.328 e. The second kappa shape index (κ2) is 9.57. The molecule has 1 heteroatoms. The molecular weight excluding hydrogens is 413 g/mol. The zero-order valence-corrected chi connectivity index (χ0v) is 23.1. The number of hydrogen-bond acceptors (Lipinski definition) is 0. The van der Waals surface area contributed by atoms with Gasteiger partial charge in [-0.05, 0) is 135 Å². The number of benzene rings is 2. The van der Waals surface area contributed by atoms with Crippen LogP contribution in [0.3, 0.4) is 0 Å². The Morgan fingerprint density at radius 2 is 0.821 bits per heavy atom. The summed E-state index contributed by atoms with van der Waals surface area (Å²) in [5, 5.41) is 0. The first-order valence-electron chi connectivity index (χ1n) is 10.4. The van der Waals surface area contributed by atoms with Crippen molar-refractivity contribution < 1.29 is 32.7 Å². The molecule has 28 heavy (non-hydrogen) atoms. The van der Waals surface area contributed by atoms with Gasteiger partial charge in [-0.15, -0.1) is 0 Å². The van der Waals surface area contributed by atoms with Gasteiger partial charge in [0.2, 0.25) is 0 Å². The van der Waals surface area contributed by atoms with Crippen LogP contribution in [0.25, 0.3) is 11.1 Å². The van der Waals surface area contributed by atoms with E-state index in [1.165, 1.54) is 61.2 Å². The van der Waals surface area contributed by atoms with Crippen molar-refractivity contribution in [3.05, 3.63) is 62.1 Å². The van der Waals surface area contributed by atoms with E-state index in [0.717, 1.165) is 0 Å². The summed E-state index contributed by atoms with van der Waals surface area (Å²) in [5.41, 5.74) is 17.6. The molecule has 0 N–H and O–H groups in total. The zero-order valence-electron chi connectivity index (χ0n) is 20.3. The van der Waals surface area contributed by atoms with Crippen LogP contribution in [0.2, 0.25) is 0 Å². The first-order chi connectivity index (χ1) is 12.5. The van der Waals surface area contributed by atoms with Crippen LogP contribution in [0, 0.1) is 74.7 Å². The zero-order chi connectivity index (χ0) is 20.8. The van der Waals surface area contributed by atoms with Crippen molar-refractivity contribution in [2.75, 3.05) is 0 Å². The van der Waals surface area contributed by atoms with Crippen LogP contribution in [0.4, 0.5) is 0 Å². The van der Waals surface area contributed by atoms with Crippen LogP contribution in [0.5, 0.6) is 0 Å². The van der Waals surface area contributed by atoms with Gasteiger partial charge in [-0.1, -0.05) is 13.8 Å². The van der Waals surface area contributed by atoms with Crippen LogP contribution < -0.4 is 0 Å². The normalized spacial score (nSPS) is 13.3. The van der Waals surface area contributed by atoms with Crippen LogP contribution >= 0.6 is 0 Å². The van der Waals surface area contributed by atoms with Gasteiger partial charge in [0.25, 0.3) is 0 Å². The fourth-order valence-corrected chi connectivity index (χ4v) is 4.66. The minimum atomic E-state index is 0. The Hall–Kier alpha value is -0.456. The Balaban J connectivity index is 0.00000392. The molecule has 2 aromatic rings. The van der Waals surface area contributed by atoms with Gasteiger partial charge in [-0.25, -0.2) is 0 Å². The molecule has 1 radical (unpaired) electrons. The van der Waals surface area contributed by atoms with Crippen LogP contribution in [0.15, 0.2) is 0 Å². The maximum Gasteiger partial charge on any atom is 0 e. The van der Waals surface area contributed by atoms with E-state index >= 15 is 0 Å². The summed E-state index contributed by atoms with van der Waals surface area (Å²) in [7, 11) is 0. The predicted molar refractivity (Wildman–Crippen MR) is 122 cm³/mol. The summed E-state index contributed by atoms with van der Waals surface area (Å²) in [4.78, 5) is 0. The molecule has 0 saturated heterocycles. The minimum absolute atomic E-state index is 0. The predicted octanol–water partition coefficient (Wildman–Crippen LogP) is 8.09. The molecule has 0 spiro atoms. The monoisotopic (exact) mass is 452 g/mol. The average Bonchev–Trinajstić information content (AvgIpc) is 2.65. The van der Waals surface area contributed by atoms with Gasteiger partial charge in [-0.3, -0.25) is 0 Å². The molecule has 151 valence electrons. The van der Waals surface area contributed by atoms with Crippen molar-refractivity contribution in [1.82, 2.24) is 0 Å². The molecule has 2 unspecified atom stereocenters. The molecule has 0 heterocycles. The van der Waals surface area contributed by atoms with Crippen molar-refractivity contribution in [1.29, 1.82) is 0 Å². The quantitative estimate of drug-likeness (QED) is 0.411. The third-order valence-electron chi connectivity index (χ3n) is 7.76. The molecule has 0 amide bonds. The molecule has 0 fully saturated rings. The van der Waals surface area contributed by atoms with Gasteiger partial charge < -0.3 is 6.42 Å². The maximum atomic E-state index is 2.41. The van der Waals surface area contributed by atoms with Gasteiger partial charge in [0, 0.05) is 32.7 Å². The van der Waals surface area contributed by atoms with E-state index in [1.54, 1.807) is 5.56 Å². The number of rotatable bonds is 4. The molecular formula is C27H39Y-. The Bertz CT molecular complexity index is 857. The van der Waals surface area contributed by atoms with Crippen LogP contribution in [-0.4, -0.2) is 0 Å². The minimum Gasteiger partial charge on any atom is -0.328 e. The van der Waals surface area contributed by atoms with E-state index in [1.807, 2.05) is 0 Å². The average molecular weight is 453 g/mol. The standard InChI is InChI=1S/C27H39.Y/c1-13-14(2)15(3)25-21(9)19(7)20(8)24(12)27(25)26-22(10)17(5)16(4)18(6)23(26)11;/h13-15H,1-12H3;/q-1;. The second-order valence-corrected chi connectivity index (χ2v) is 8.77. The van der Waals surface area contributed by atoms with Gasteiger partial charge in [0.15, 0.2) is 0 Å². The Labute approximate surface area is 199 Å². The first kappa shape index (κ1) is 25.6. The van der Waals surface area contributed by atoms with Gasteiger partial charge in [-0.2, -0.15) is 12.8 Å². The fraction of sp³-hybridized carbons (Fsp3) is 0.519. The third-order valence-corrected chi connectivity index (χ3v) is 7.76. The molecule has 2 rings (SSSR count). The van der Waals surface area contributed by atoms with E-state index in [-0.39, 0.29) is 32.7 Å². The smallest absolute Gasteiger partial charge is 0 e. The first-order valence-corrected chi connectivity index (χ1v) is 10.4. The third kappa shape index (κ3) is 4.06. The van der Waals surface area contributed by atoms with Crippen LogP contribution in [-0.2, 0) is 32.7 Å². The summed E-state index contributed by atoms with van der Waals surface area (Å²) < 4.78 is 0. The van der Waals surface area contributed by atoms with Crippen LogP contribution in [0.1, 0.15) is 82.3 Å². The van der Waals surface area contributed by atoms with E-state index in [9.17, 15) is 0 Å². The molecule has 2 atom stereocenters. The molecule has 0 bridgehead atoms. The van der Waals surface area contributed by atoms with Gasteiger partial charge >= 0.3 is 0 Å². The Morgan fingerprint density at radius 3 is 1.21 bits per heavy atom. The maximum absolute atomic E-state index is 2.41. The molecule has 0 aliphatic rings. The molecule has 0 aliphatic heterocycles. The second-order valence-electron chi connectivity index (χ2n) is 8.77. The molecule has 0 saturated carbocycles. The molecule has 0 aromatic heterocycles. The van der Waals surface area contributed by atoms with Crippen molar-refractivity contribution in [2.45, 2.75) is 89.0 Å². The Morgan fingerprint density at radius 1 is 0.500 bits per heavy atom. The van der Waals surface area contributed by atoms with E-state index < -0.39 is 0 Å². The Kier molecular flexibility index (Phi) is 8.74. The summed E-state index contributed by atoms with van der Waals surface area (Å²) in [6.07, 6.45) is 2.35. The summed E-state index contributed by atoms with van der Waals surface area (Å²) >= 11 is 0. The topological polar surface area (TPSA) is 0 Å². The summed E-state index contributed by atoms with van der Waals surface area (Å²) in [5.74, 6) is 1.06. The van der Waals surface area contributed by atoms with E-state index in [0.29, 0.717) is 11.8 Å². The van der Waals surface area contributed by atoms with Crippen molar-refractivity contribution in [2.24, 2.45) is 5.92 Å². The molecule has 0 aliphatic carbocycles. The van der Waals surface area contributed by atoms with Crippen molar-refractivity contribution in [3.8, 4) is 11.1 Å². The van der Waals surface area contributed by atoms with Gasteiger partial charge in [0.1, 0.15) is 0 Å². The molecule has 0 nitrogen and oxygen atoms in total.